The number of methoxy groups -OCH3 is 2. The maximum absolute atomic E-state index is 7.06. The standard InChI is InChI=1S/C38H24Cl8N2O2/c1-49-26-11-7-24(8-12-26)48(25-9-13-27(50-2)14-10-25)23-5-3-20(4-6-23)33-19-32(45)36(38(46)47-33)37(34-28(41)15-21(39)16-29(34)42)35-30(43)17-22(40)18-31(35)44/h3-19,37H,1-2H3. The lowest BCUT2D eigenvalue weighted by Crippen LogP contribution is -2.10. The summed E-state index contributed by atoms with van der Waals surface area (Å²) < 4.78 is 10.8. The monoisotopic (exact) mass is 820 g/mol. The van der Waals surface area contributed by atoms with Gasteiger partial charge >= 0.3 is 0 Å². The summed E-state index contributed by atoms with van der Waals surface area (Å²) in [7, 11) is 3.27. The molecule has 0 aliphatic rings. The van der Waals surface area contributed by atoms with Crippen molar-refractivity contribution >= 4 is 110 Å². The van der Waals surface area contributed by atoms with Crippen molar-refractivity contribution in [3.05, 3.63) is 160 Å². The maximum Gasteiger partial charge on any atom is 0.135 e. The summed E-state index contributed by atoms with van der Waals surface area (Å²) in [5.41, 5.74) is 5.37. The van der Waals surface area contributed by atoms with Crippen LogP contribution in [0.2, 0.25) is 40.3 Å². The van der Waals surface area contributed by atoms with Gasteiger partial charge in [0.1, 0.15) is 16.7 Å². The normalized spacial score (nSPS) is 11.2. The van der Waals surface area contributed by atoms with Crippen LogP contribution < -0.4 is 14.4 Å². The zero-order chi connectivity index (χ0) is 35.7. The first-order valence-electron chi connectivity index (χ1n) is 14.8. The number of hydrogen-bond acceptors (Lipinski definition) is 4. The molecule has 12 heteroatoms. The van der Waals surface area contributed by atoms with Crippen molar-refractivity contribution in [2.45, 2.75) is 5.92 Å². The smallest absolute Gasteiger partial charge is 0.135 e. The Labute approximate surface area is 329 Å². The molecule has 6 aromatic rings. The summed E-state index contributed by atoms with van der Waals surface area (Å²) in [4.78, 5) is 6.89. The van der Waals surface area contributed by atoms with Crippen LogP contribution in [0.3, 0.4) is 0 Å². The number of pyridine rings is 1. The van der Waals surface area contributed by atoms with Gasteiger partial charge in [-0.3, -0.25) is 0 Å². The van der Waals surface area contributed by atoms with Crippen LogP contribution in [0.1, 0.15) is 22.6 Å². The molecule has 5 aromatic carbocycles. The van der Waals surface area contributed by atoms with E-state index in [1.165, 1.54) is 0 Å². The molecule has 0 spiro atoms. The number of anilines is 3. The van der Waals surface area contributed by atoms with Gasteiger partial charge in [0.2, 0.25) is 0 Å². The quantitative estimate of drug-likeness (QED) is 0.136. The molecule has 254 valence electrons. The van der Waals surface area contributed by atoms with Gasteiger partial charge in [0.05, 0.1) is 19.9 Å². The average molecular weight is 824 g/mol. The molecule has 0 atom stereocenters. The number of hydrogen-bond donors (Lipinski definition) is 0. The van der Waals surface area contributed by atoms with E-state index >= 15 is 0 Å². The third-order valence-electron chi connectivity index (χ3n) is 8.00. The van der Waals surface area contributed by atoms with Gasteiger partial charge in [0.15, 0.2) is 0 Å². The van der Waals surface area contributed by atoms with Crippen molar-refractivity contribution in [2.24, 2.45) is 0 Å². The molecule has 0 aliphatic carbocycles. The molecule has 1 aromatic heterocycles. The maximum atomic E-state index is 7.06. The summed E-state index contributed by atoms with van der Waals surface area (Å²) in [6.45, 7) is 0. The highest BCUT2D eigenvalue weighted by molar-refractivity contribution is 6.42. The van der Waals surface area contributed by atoms with Crippen molar-refractivity contribution < 1.29 is 9.47 Å². The molecule has 0 bridgehead atoms. The molecule has 1 heterocycles. The molecule has 4 nitrogen and oxygen atoms in total. The van der Waals surface area contributed by atoms with Crippen molar-refractivity contribution in [1.29, 1.82) is 0 Å². The van der Waals surface area contributed by atoms with E-state index in [0.29, 0.717) is 32.4 Å². The van der Waals surface area contributed by atoms with Gasteiger partial charge < -0.3 is 14.4 Å². The Morgan fingerprint density at radius 2 is 0.840 bits per heavy atom. The molecular weight excluding hydrogens is 800 g/mol. The van der Waals surface area contributed by atoms with Crippen LogP contribution in [0.25, 0.3) is 11.3 Å². The molecule has 0 saturated carbocycles. The zero-order valence-corrected chi connectivity index (χ0v) is 32.2. The lowest BCUT2D eigenvalue weighted by molar-refractivity contribution is 0.415. The Hall–Kier alpha value is -3.03. The molecule has 0 radical (unpaired) electrons. The van der Waals surface area contributed by atoms with Gasteiger partial charge in [0, 0.05) is 80.4 Å². The largest absolute Gasteiger partial charge is 0.497 e. The highest BCUT2D eigenvalue weighted by Crippen LogP contribution is 2.50. The number of aromatic nitrogens is 1. The summed E-state index contributed by atoms with van der Waals surface area (Å²) in [5.74, 6) is 0.687. The molecule has 6 rings (SSSR count). The molecule has 0 aliphatic heterocycles. The van der Waals surface area contributed by atoms with Crippen LogP contribution in [-0.4, -0.2) is 19.2 Å². The lowest BCUT2D eigenvalue weighted by atomic mass is 9.85. The van der Waals surface area contributed by atoms with Crippen molar-refractivity contribution in [1.82, 2.24) is 4.98 Å². The Balaban J connectivity index is 1.44. The minimum absolute atomic E-state index is 0.101. The van der Waals surface area contributed by atoms with Crippen molar-refractivity contribution in [2.75, 3.05) is 19.1 Å². The number of ether oxygens (including phenoxy) is 2. The second-order valence-electron chi connectivity index (χ2n) is 11.0. The predicted octanol–water partition coefficient (Wildman–Crippen LogP) is 14.6. The summed E-state index contributed by atoms with van der Waals surface area (Å²) in [6, 6.07) is 31.5. The van der Waals surface area contributed by atoms with E-state index in [1.54, 1.807) is 44.6 Å². The fourth-order valence-electron chi connectivity index (χ4n) is 5.68. The van der Waals surface area contributed by atoms with Gasteiger partial charge in [-0.2, -0.15) is 0 Å². The molecule has 0 fully saturated rings. The first-order chi connectivity index (χ1) is 24.0. The Kier molecular flexibility index (Phi) is 11.5. The first kappa shape index (κ1) is 36.8. The van der Waals surface area contributed by atoms with E-state index in [4.69, 9.17) is 107 Å². The van der Waals surface area contributed by atoms with Crippen LogP contribution in [0.15, 0.2) is 103 Å². The van der Waals surface area contributed by atoms with E-state index in [2.05, 4.69) is 4.90 Å². The fraction of sp³-hybridized carbons (Fsp3) is 0.0789. The molecule has 0 N–H and O–H groups in total. The van der Waals surface area contributed by atoms with Crippen molar-refractivity contribution in [3.63, 3.8) is 0 Å². The van der Waals surface area contributed by atoms with E-state index in [9.17, 15) is 0 Å². The molecule has 0 amide bonds. The summed E-state index contributed by atoms with van der Waals surface area (Å²) in [6.07, 6.45) is 0. The minimum Gasteiger partial charge on any atom is -0.497 e. The van der Waals surface area contributed by atoms with Crippen LogP contribution in [-0.2, 0) is 0 Å². The number of nitrogens with zero attached hydrogens (tertiary/aromatic N) is 2. The van der Waals surface area contributed by atoms with E-state index in [-0.39, 0.29) is 30.3 Å². The SMILES string of the molecule is COc1ccc(N(c2ccc(OC)cc2)c2ccc(-c3cc(Cl)c(C(c4c(Cl)cc(Cl)cc4Cl)c4c(Cl)cc(Cl)cc4Cl)c(Cl)n3)cc2)cc1. The Bertz CT molecular complexity index is 2000. The van der Waals surface area contributed by atoms with Gasteiger partial charge in [-0.15, -0.1) is 0 Å². The van der Waals surface area contributed by atoms with Crippen LogP contribution in [0.5, 0.6) is 11.5 Å². The second kappa shape index (κ2) is 15.7. The Morgan fingerprint density at radius 3 is 1.20 bits per heavy atom. The zero-order valence-electron chi connectivity index (χ0n) is 26.1. The van der Waals surface area contributed by atoms with Crippen molar-refractivity contribution in [3.8, 4) is 22.8 Å². The molecule has 50 heavy (non-hydrogen) atoms. The van der Waals surface area contributed by atoms with E-state index in [0.717, 1.165) is 34.1 Å². The minimum atomic E-state index is -0.823. The number of benzene rings is 5. The van der Waals surface area contributed by atoms with E-state index in [1.807, 2.05) is 72.8 Å². The topological polar surface area (TPSA) is 34.6 Å². The first-order valence-corrected chi connectivity index (χ1v) is 17.8. The fourth-order valence-corrected chi connectivity index (χ4v) is 8.40. The molecular formula is C38H24Cl8N2O2. The molecule has 0 saturated heterocycles. The third-order valence-corrected chi connectivity index (χ3v) is 10.3. The van der Waals surface area contributed by atoms with Gasteiger partial charge in [-0.05, 0) is 91.0 Å². The average Bonchev–Trinajstić information content (AvgIpc) is 3.08. The Morgan fingerprint density at radius 1 is 0.480 bits per heavy atom. The highest BCUT2D eigenvalue weighted by Gasteiger charge is 2.32. The van der Waals surface area contributed by atoms with Gasteiger partial charge in [0.25, 0.3) is 0 Å². The highest BCUT2D eigenvalue weighted by atomic mass is 35.5. The van der Waals surface area contributed by atoms with E-state index < -0.39 is 5.92 Å². The third kappa shape index (κ3) is 7.60. The summed E-state index contributed by atoms with van der Waals surface area (Å²) in [5, 5.41) is 2.14. The van der Waals surface area contributed by atoms with Crippen LogP contribution >= 0.6 is 92.8 Å². The van der Waals surface area contributed by atoms with Gasteiger partial charge in [-0.25, -0.2) is 4.98 Å². The van der Waals surface area contributed by atoms with Crippen LogP contribution in [0.4, 0.5) is 17.1 Å². The molecule has 0 unspecified atom stereocenters. The lowest BCUT2D eigenvalue weighted by Gasteiger charge is -2.26. The number of halogens is 8. The predicted molar refractivity (Wildman–Crippen MR) is 211 cm³/mol. The second-order valence-corrected chi connectivity index (χ2v) is 14.2. The summed E-state index contributed by atoms with van der Waals surface area (Å²) >= 11 is 53.6. The van der Waals surface area contributed by atoms with Gasteiger partial charge in [-0.1, -0.05) is 105 Å². The number of rotatable bonds is 9. The van der Waals surface area contributed by atoms with Crippen LogP contribution in [0, 0.1) is 0 Å².